The van der Waals surface area contributed by atoms with E-state index in [1.54, 1.807) is 0 Å². The van der Waals surface area contributed by atoms with Crippen molar-refractivity contribution < 1.29 is 73.4 Å². The van der Waals surface area contributed by atoms with Gasteiger partial charge < -0.3 is 14.3 Å². The summed E-state index contributed by atoms with van der Waals surface area (Å²) in [5.74, 6) is 0. The molecule has 0 fully saturated rings. The third-order valence-corrected chi connectivity index (χ3v) is 4.25. The molecule has 0 aliphatic heterocycles. The van der Waals surface area contributed by atoms with E-state index in [9.17, 15) is 9.79 Å². The second kappa shape index (κ2) is 27.3. The van der Waals surface area contributed by atoms with E-state index in [0.717, 1.165) is 12.8 Å². The number of allylic oxidation sites excluding steroid dienone is 2. The zero-order valence-electron chi connectivity index (χ0n) is 16.4. The molecule has 0 unspecified atom stereocenters. The molecule has 3 nitrogen and oxygen atoms in total. The van der Waals surface area contributed by atoms with E-state index in [2.05, 4.69) is 23.6 Å². The van der Waals surface area contributed by atoms with Crippen LogP contribution in [0.25, 0.3) is 0 Å². The summed E-state index contributed by atoms with van der Waals surface area (Å²) in [4.78, 5) is 20.3. The molecule has 0 bridgehead atoms. The van der Waals surface area contributed by atoms with E-state index in [4.69, 9.17) is 0 Å². The first kappa shape index (κ1) is 30.8. The van der Waals surface area contributed by atoms with Gasteiger partial charge in [-0.2, -0.15) is 8.60 Å². The predicted molar refractivity (Wildman–Crippen MR) is 92.3 cm³/mol. The molecule has 0 aromatic carbocycles. The zero-order chi connectivity index (χ0) is 16.3. The Labute approximate surface area is 196 Å². The van der Waals surface area contributed by atoms with Crippen LogP contribution in [-0.4, -0.2) is 6.61 Å². The second-order valence-corrected chi connectivity index (χ2v) is 6.70. The Morgan fingerprint density at radius 1 is 0.667 bits per heavy atom. The summed E-state index contributed by atoms with van der Waals surface area (Å²) in [5.41, 5.74) is 0. The molecule has 24 heavy (non-hydrogen) atoms. The largest absolute Gasteiger partial charge is 1.00 e. The van der Waals surface area contributed by atoms with Crippen LogP contribution in [0, 0.1) is 0 Å². The van der Waals surface area contributed by atoms with Crippen molar-refractivity contribution in [3.63, 3.8) is 0 Å². The fourth-order valence-corrected chi connectivity index (χ4v) is 2.77. The van der Waals surface area contributed by atoms with E-state index in [0.29, 0.717) is 6.61 Å². The van der Waals surface area contributed by atoms with Crippen molar-refractivity contribution in [2.24, 2.45) is 0 Å². The monoisotopic (exact) mass is 376 g/mol. The number of hydrogen-bond acceptors (Lipinski definition) is 3. The van der Waals surface area contributed by atoms with E-state index in [1.165, 1.54) is 77.0 Å². The molecule has 0 aliphatic rings. The van der Waals surface area contributed by atoms with E-state index >= 15 is 0 Å². The summed E-state index contributed by atoms with van der Waals surface area (Å²) in [5, 5.41) is 0. The molecule has 0 radical (unpaired) electrons. The van der Waals surface area contributed by atoms with E-state index in [-0.39, 0.29) is 59.1 Å². The third-order valence-electron chi connectivity index (χ3n) is 3.85. The smallest absolute Gasteiger partial charge is 0.820 e. The molecule has 132 valence electrons. The van der Waals surface area contributed by atoms with Crippen LogP contribution in [0.4, 0.5) is 0 Å². The molecular formula is C18H35Na2O3P. The van der Waals surface area contributed by atoms with Gasteiger partial charge in [-0.05, 0) is 32.1 Å². The van der Waals surface area contributed by atoms with Gasteiger partial charge in [0.2, 0.25) is 0 Å². The van der Waals surface area contributed by atoms with Crippen molar-refractivity contribution in [2.75, 3.05) is 6.61 Å². The van der Waals surface area contributed by atoms with Crippen LogP contribution in [0.3, 0.4) is 0 Å². The molecule has 0 saturated heterocycles. The molecule has 0 heterocycles. The average Bonchev–Trinajstić information content (AvgIpc) is 2.50. The van der Waals surface area contributed by atoms with Crippen molar-refractivity contribution in [1.29, 1.82) is 0 Å². The number of rotatable bonds is 17. The molecule has 0 saturated carbocycles. The Balaban J connectivity index is -0.00000220. The topological polar surface area (TPSA) is 55.3 Å². The first-order valence-corrected chi connectivity index (χ1v) is 10.3. The molecule has 0 aliphatic carbocycles. The van der Waals surface area contributed by atoms with Gasteiger partial charge in [-0.1, -0.05) is 76.9 Å². The van der Waals surface area contributed by atoms with Gasteiger partial charge in [0.25, 0.3) is 0 Å². The number of hydrogen-bond donors (Lipinski definition) is 0. The van der Waals surface area contributed by atoms with Crippen LogP contribution in [0.1, 0.15) is 96.8 Å². The second-order valence-electron chi connectivity index (χ2n) is 5.99. The normalized spacial score (nSPS) is 10.8. The van der Waals surface area contributed by atoms with Crippen molar-refractivity contribution in [2.45, 2.75) is 96.8 Å². The summed E-state index contributed by atoms with van der Waals surface area (Å²) >= 11 is 0. The van der Waals surface area contributed by atoms with E-state index in [1.807, 2.05) is 0 Å². The van der Waals surface area contributed by atoms with Gasteiger partial charge in [-0.15, -0.1) is 0 Å². The van der Waals surface area contributed by atoms with Crippen molar-refractivity contribution in [3.8, 4) is 0 Å². The molecule has 0 aromatic rings. The molecule has 0 amide bonds. The maximum Gasteiger partial charge on any atom is 1.00 e. The van der Waals surface area contributed by atoms with Gasteiger partial charge in [-0.25, -0.2) is 0 Å². The Kier molecular flexibility index (Phi) is 35.0. The van der Waals surface area contributed by atoms with Gasteiger partial charge in [0.15, 0.2) is 0 Å². The minimum Gasteiger partial charge on any atom is -0.820 e. The van der Waals surface area contributed by atoms with Gasteiger partial charge in [0.05, 0.1) is 0 Å². The van der Waals surface area contributed by atoms with Gasteiger partial charge in [0.1, 0.15) is 0 Å². The average molecular weight is 376 g/mol. The SMILES string of the molecule is CCCCCCCCC=CCCCCCCCCOP([O-])[O-].[Na+].[Na+]. The van der Waals surface area contributed by atoms with Crippen LogP contribution in [0.15, 0.2) is 12.2 Å². The van der Waals surface area contributed by atoms with Gasteiger partial charge in [-0.3, -0.25) is 0 Å². The quantitative estimate of drug-likeness (QED) is 0.142. The Morgan fingerprint density at radius 2 is 1.08 bits per heavy atom. The van der Waals surface area contributed by atoms with Gasteiger partial charge >= 0.3 is 59.1 Å². The Bertz CT molecular complexity index is 242. The van der Waals surface area contributed by atoms with E-state index < -0.39 is 8.60 Å². The van der Waals surface area contributed by atoms with Crippen molar-refractivity contribution in [1.82, 2.24) is 0 Å². The summed E-state index contributed by atoms with van der Waals surface area (Å²) in [7, 11) is -2.65. The van der Waals surface area contributed by atoms with Crippen LogP contribution in [0.2, 0.25) is 0 Å². The summed E-state index contributed by atoms with van der Waals surface area (Å²) < 4.78 is 4.51. The molecule has 0 N–H and O–H groups in total. The minimum atomic E-state index is -2.65. The minimum absolute atomic E-state index is 0. The zero-order valence-corrected chi connectivity index (χ0v) is 21.3. The molecule has 0 atom stereocenters. The third kappa shape index (κ3) is 28.8. The molecule has 0 rings (SSSR count). The summed E-state index contributed by atoms with van der Waals surface area (Å²) in [6, 6.07) is 0. The van der Waals surface area contributed by atoms with Crippen molar-refractivity contribution >= 4 is 8.60 Å². The fourth-order valence-electron chi connectivity index (χ4n) is 2.49. The molecule has 0 aromatic heterocycles. The first-order valence-electron chi connectivity index (χ1n) is 9.19. The predicted octanol–water partition coefficient (Wildman–Crippen LogP) is -1.00. The Morgan fingerprint density at radius 3 is 1.54 bits per heavy atom. The van der Waals surface area contributed by atoms with Crippen LogP contribution < -0.4 is 68.9 Å². The maximum atomic E-state index is 10.2. The van der Waals surface area contributed by atoms with Crippen molar-refractivity contribution in [3.05, 3.63) is 12.2 Å². The molecule has 6 heteroatoms. The van der Waals surface area contributed by atoms with Crippen LogP contribution in [0.5, 0.6) is 0 Å². The van der Waals surface area contributed by atoms with Crippen LogP contribution in [-0.2, 0) is 4.52 Å². The standard InChI is InChI=1S/C18H35O3P.2Na/c1-2-3-4-5-6-7-8-9-10-11-12-13-14-15-16-17-18-21-22(19)20;;/h9-10H,2-8,11-18H2,1H3;;/q-2;2*+1. The van der Waals surface area contributed by atoms with Gasteiger partial charge in [0, 0.05) is 6.61 Å². The van der Waals surface area contributed by atoms with Crippen LogP contribution >= 0.6 is 8.60 Å². The first-order chi connectivity index (χ1) is 10.8. The number of unbranched alkanes of at least 4 members (excludes halogenated alkanes) is 12. The fraction of sp³-hybridized carbons (Fsp3) is 0.889. The molecular weight excluding hydrogens is 341 g/mol. The summed E-state index contributed by atoms with van der Waals surface area (Å²) in [6.45, 7) is 2.61. The molecule has 0 spiro atoms. The maximum absolute atomic E-state index is 10.2. The Hall–Kier alpha value is 2.05. The summed E-state index contributed by atoms with van der Waals surface area (Å²) in [6.07, 6.45) is 22.3.